The number of benzene rings is 2. The van der Waals surface area contributed by atoms with Gasteiger partial charge in [-0.25, -0.2) is 0 Å². The number of carbonyl (C=O) groups excluding carboxylic acids is 1. The Morgan fingerprint density at radius 2 is 1.72 bits per heavy atom. The van der Waals surface area contributed by atoms with Crippen molar-refractivity contribution in [2.45, 2.75) is 33.3 Å². The van der Waals surface area contributed by atoms with Crippen LogP contribution in [0, 0.1) is 13.8 Å². The van der Waals surface area contributed by atoms with Gasteiger partial charge in [-0.15, -0.1) is 0 Å². The SMILES string of the molecule is CCC(=O)c1ccc(OC[C@H](O)CN2CCN(c3ccc(C)c(C)c3)CC2)cc1. The number of carbonyl (C=O) groups is 1. The molecule has 156 valence electrons. The zero-order chi connectivity index (χ0) is 20.8. The zero-order valence-electron chi connectivity index (χ0n) is 17.7. The first kappa shape index (κ1) is 21.3. The quantitative estimate of drug-likeness (QED) is 0.693. The molecular formula is C24H32N2O3. The average molecular weight is 397 g/mol. The average Bonchev–Trinajstić information content (AvgIpc) is 2.74. The van der Waals surface area contributed by atoms with Gasteiger partial charge in [0.15, 0.2) is 5.78 Å². The highest BCUT2D eigenvalue weighted by atomic mass is 16.5. The van der Waals surface area contributed by atoms with Crippen LogP contribution in [0.25, 0.3) is 0 Å². The number of rotatable bonds is 8. The predicted molar refractivity (Wildman–Crippen MR) is 117 cm³/mol. The number of ether oxygens (including phenoxy) is 1. The van der Waals surface area contributed by atoms with Crippen molar-refractivity contribution >= 4 is 11.5 Å². The molecule has 3 rings (SSSR count). The van der Waals surface area contributed by atoms with E-state index in [0.717, 1.165) is 26.2 Å². The molecule has 0 bridgehead atoms. The van der Waals surface area contributed by atoms with Crippen LogP contribution in [0.15, 0.2) is 42.5 Å². The van der Waals surface area contributed by atoms with Gasteiger partial charge < -0.3 is 14.7 Å². The van der Waals surface area contributed by atoms with E-state index < -0.39 is 6.10 Å². The van der Waals surface area contributed by atoms with Crippen LogP contribution in [0.1, 0.15) is 34.8 Å². The first-order valence-electron chi connectivity index (χ1n) is 10.4. The normalized spacial score (nSPS) is 15.9. The van der Waals surface area contributed by atoms with E-state index in [-0.39, 0.29) is 12.4 Å². The van der Waals surface area contributed by atoms with Gasteiger partial charge in [-0.05, 0) is 61.4 Å². The van der Waals surface area contributed by atoms with Crippen LogP contribution in [0.3, 0.4) is 0 Å². The first-order chi connectivity index (χ1) is 14.0. The number of ketones is 1. The van der Waals surface area contributed by atoms with E-state index in [2.05, 4.69) is 41.8 Å². The highest BCUT2D eigenvalue weighted by Gasteiger charge is 2.20. The molecule has 1 heterocycles. The molecule has 0 aliphatic carbocycles. The summed E-state index contributed by atoms with van der Waals surface area (Å²) in [7, 11) is 0. The van der Waals surface area contributed by atoms with E-state index in [1.807, 2.05) is 6.92 Å². The third-order valence-corrected chi connectivity index (χ3v) is 5.64. The van der Waals surface area contributed by atoms with Gasteiger partial charge in [0.25, 0.3) is 0 Å². The Labute approximate surface area is 173 Å². The summed E-state index contributed by atoms with van der Waals surface area (Å²) >= 11 is 0. The topological polar surface area (TPSA) is 53.0 Å². The van der Waals surface area contributed by atoms with Crippen molar-refractivity contribution in [2.75, 3.05) is 44.2 Å². The summed E-state index contributed by atoms with van der Waals surface area (Å²) in [5.41, 5.74) is 4.62. The summed E-state index contributed by atoms with van der Waals surface area (Å²) in [4.78, 5) is 16.4. The molecule has 0 radical (unpaired) electrons. The summed E-state index contributed by atoms with van der Waals surface area (Å²) in [6.07, 6.45) is -0.0458. The molecule has 1 atom stereocenters. The van der Waals surface area contributed by atoms with E-state index >= 15 is 0 Å². The Morgan fingerprint density at radius 1 is 1.03 bits per heavy atom. The van der Waals surface area contributed by atoms with Crippen molar-refractivity contribution in [1.82, 2.24) is 4.90 Å². The summed E-state index contributed by atoms with van der Waals surface area (Å²) < 4.78 is 5.69. The minimum atomic E-state index is -0.542. The van der Waals surface area contributed by atoms with Gasteiger partial charge in [0.1, 0.15) is 18.5 Å². The van der Waals surface area contributed by atoms with Crippen LogP contribution in [0.2, 0.25) is 0 Å². The van der Waals surface area contributed by atoms with Gasteiger partial charge in [-0.2, -0.15) is 0 Å². The molecule has 0 spiro atoms. The maximum Gasteiger partial charge on any atom is 0.162 e. The van der Waals surface area contributed by atoms with Crippen molar-refractivity contribution in [1.29, 1.82) is 0 Å². The molecule has 1 saturated heterocycles. The lowest BCUT2D eigenvalue weighted by Gasteiger charge is -2.37. The monoisotopic (exact) mass is 396 g/mol. The van der Waals surface area contributed by atoms with E-state index in [0.29, 0.717) is 24.3 Å². The van der Waals surface area contributed by atoms with Crippen LogP contribution in [-0.2, 0) is 0 Å². The summed E-state index contributed by atoms with van der Waals surface area (Å²) in [5, 5.41) is 10.4. The number of piperazine rings is 1. The number of hydrogen-bond donors (Lipinski definition) is 1. The Hall–Kier alpha value is -2.37. The van der Waals surface area contributed by atoms with E-state index in [4.69, 9.17) is 4.74 Å². The number of anilines is 1. The van der Waals surface area contributed by atoms with E-state index in [1.54, 1.807) is 24.3 Å². The smallest absolute Gasteiger partial charge is 0.162 e. The number of aliphatic hydroxyl groups excluding tert-OH is 1. The minimum Gasteiger partial charge on any atom is -0.491 e. The lowest BCUT2D eigenvalue weighted by atomic mass is 10.1. The van der Waals surface area contributed by atoms with Gasteiger partial charge in [-0.1, -0.05) is 13.0 Å². The molecule has 1 aliphatic heterocycles. The van der Waals surface area contributed by atoms with Crippen molar-refractivity contribution in [3.8, 4) is 5.75 Å². The summed E-state index contributed by atoms with van der Waals surface area (Å²) in [5.74, 6) is 0.799. The molecular weight excluding hydrogens is 364 g/mol. The van der Waals surface area contributed by atoms with E-state index in [9.17, 15) is 9.90 Å². The van der Waals surface area contributed by atoms with Gasteiger partial charge in [-0.3, -0.25) is 9.69 Å². The number of nitrogens with zero attached hydrogens (tertiary/aromatic N) is 2. The maximum atomic E-state index is 11.7. The Kier molecular flexibility index (Phi) is 7.29. The number of Topliss-reactive ketones (excluding diaryl/α,β-unsaturated/α-hetero) is 1. The second kappa shape index (κ2) is 9.90. The number of hydrogen-bond acceptors (Lipinski definition) is 5. The van der Waals surface area contributed by atoms with Crippen LogP contribution >= 0.6 is 0 Å². The van der Waals surface area contributed by atoms with Crippen molar-refractivity contribution in [3.05, 3.63) is 59.2 Å². The molecule has 29 heavy (non-hydrogen) atoms. The molecule has 0 saturated carbocycles. The summed E-state index contributed by atoms with van der Waals surface area (Å²) in [6.45, 7) is 10.8. The van der Waals surface area contributed by atoms with E-state index in [1.165, 1.54) is 16.8 Å². The van der Waals surface area contributed by atoms with Crippen LogP contribution < -0.4 is 9.64 Å². The van der Waals surface area contributed by atoms with Gasteiger partial charge in [0, 0.05) is 50.4 Å². The Bertz CT molecular complexity index is 811. The standard InChI is InChI=1S/C24H32N2O3/c1-4-24(28)20-6-9-23(10-7-20)29-17-22(27)16-25-11-13-26(14-12-25)21-8-5-18(2)19(3)15-21/h5-10,15,22,27H,4,11-14,16-17H2,1-3H3/t22-/m1/s1. The van der Waals surface area contributed by atoms with Crippen molar-refractivity contribution < 1.29 is 14.6 Å². The molecule has 1 N–H and O–H groups in total. The molecule has 2 aromatic carbocycles. The molecule has 0 aromatic heterocycles. The largest absolute Gasteiger partial charge is 0.491 e. The lowest BCUT2D eigenvalue weighted by Crippen LogP contribution is -2.49. The second-order valence-corrected chi connectivity index (χ2v) is 7.82. The van der Waals surface area contributed by atoms with Crippen LogP contribution in [-0.4, -0.2) is 61.2 Å². The molecule has 1 fully saturated rings. The summed E-state index contributed by atoms with van der Waals surface area (Å²) in [6, 6.07) is 13.8. The third kappa shape index (κ3) is 5.81. The molecule has 5 heteroatoms. The van der Waals surface area contributed by atoms with Crippen LogP contribution in [0.5, 0.6) is 5.75 Å². The highest BCUT2D eigenvalue weighted by Crippen LogP contribution is 2.20. The lowest BCUT2D eigenvalue weighted by molar-refractivity contribution is 0.0663. The third-order valence-electron chi connectivity index (χ3n) is 5.64. The van der Waals surface area contributed by atoms with Crippen molar-refractivity contribution in [3.63, 3.8) is 0 Å². The fraction of sp³-hybridized carbons (Fsp3) is 0.458. The Morgan fingerprint density at radius 3 is 2.34 bits per heavy atom. The maximum absolute atomic E-state index is 11.7. The zero-order valence-corrected chi connectivity index (χ0v) is 17.7. The van der Waals surface area contributed by atoms with Gasteiger partial charge in [0.2, 0.25) is 0 Å². The second-order valence-electron chi connectivity index (χ2n) is 7.82. The van der Waals surface area contributed by atoms with Gasteiger partial charge in [0.05, 0.1) is 0 Å². The Balaban J connectivity index is 1.42. The number of aryl methyl sites for hydroxylation is 2. The minimum absolute atomic E-state index is 0.122. The number of aliphatic hydroxyl groups is 1. The molecule has 1 aliphatic rings. The molecule has 0 amide bonds. The molecule has 2 aromatic rings. The predicted octanol–water partition coefficient (Wildman–Crippen LogP) is 3.46. The highest BCUT2D eigenvalue weighted by molar-refractivity contribution is 5.95. The van der Waals surface area contributed by atoms with Gasteiger partial charge >= 0.3 is 0 Å². The molecule has 5 nitrogen and oxygen atoms in total. The van der Waals surface area contributed by atoms with Crippen molar-refractivity contribution in [2.24, 2.45) is 0 Å². The fourth-order valence-electron chi connectivity index (χ4n) is 3.60. The fourth-order valence-corrected chi connectivity index (χ4v) is 3.60. The molecule has 0 unspecified atom stereocenters. The first-order valence-corrected chi connectivity index (χ1v) is 10.4. The van der Waals surface area contributed by atoms with Crippen LogP contribution in [0.4, 0.5) is 5.69 Å². The number of β-amino-alcohol motifs (C(OH)–C–C–N with tert-alkyl or cyclic N) is 1.